The van der Waals surface area contributed by atoms with E-state index in [-0.39, 0.29) is 23.3 Å². The van der Waals surface area contributed by atoms with E-state index in [0.717, 1.165) is 48.2 Å². The summed E-state index contributed by atoms with van der Waals surface area (Å²) in [5.41, 5.74) is 2.70. The minimum atomic E-state index is -0.313. The van der Waals surface area contributed by atoms with Crippen molar-refractivity contribution < 1.29 is 9.59 Å². The molecule has 0 spiro atoms. The molecule has 0 saturated heterocycles. The van der Waals surface area contributed by atoms with Crippen LogP contribution in [-0.4, -0.2) is 32.8 Å². The lowest BCUT2D eigenvalue weighted by molar-refractivity contribution is -0.125. The third kappa shape index (κ3) is 4.49. The third-order valence-corrected chi connectivity index (χ3v) is 7.43. The number of imidazole rings is 1. The second-order valence-corrected chi connectivity index (χ2v) is 9.86. The highest BCUT2D eigenvalue weighted by Gasteiger charge is 2.40. The van der Waals surface area contributed by atoms with Gasteiger partial charge in [0.25, 0.3) is 5.91 Å². The Kier molecular flexibility index (Phi) is 6.22. The molecular formula is C28H32N4O2. The summed E-state index contributed by atoms with van der Waals surface area (Å²) in [7, 11) is 1.95. The maximum Gasteiger partial charge on any atom is 0.254 e. The van der Waals surface area contributed by atoms with Gasteiger partial charge >= 0.3 is 0 Å². The summed E-state index contributed by atoms with van der Waals surface area (Å²) in [6, 6.07) is 17.5. The Morgan fingerprint density at radius 1 is 1.06 bits per heavy atom. The van der Waals surface area contributed by atoms with E-state index < -0.39 is 0 Å². The zero-order valence-corrected chi connectivity index (χ0v) is 19.7. The van der Waals surface area contributed by atoms with Gasteiger partial charge < -0.3 is 14.8 Å². The van der Waals surface area contributed by atoms with Gasteiger partial charge in [0, 0.05) is 44.5 Å². The second-order valence-electron chi connectivity index (χ2n) is 9.86. The van der Waals surface area contributed by atoms with Crippen molar-refractivity contribution in [2.24, 2.45) is 12.5 Å². The van der Waals surface area contributed by atoms with Crippen molar-refractivity contribution in [3.05, 3.63) is 89.5 Å². The van der Waals surface area contributed by atoms with Crippen LogP contribution in [0.3, 0.4) is 0 Å². The Balaban J connectivity index is 1.35. The smallest absolute Gasteiger partial charge is 0.254 e. The Labute approximate surface area is 201 Å². The summed E-state index contributed by atoms with van der Waals surface area (Å²) >= 11 is 0. The second kappa shape index (κ2) is 9.45. The first-order valence-electron chi connectivity index (χ1n) is 12.2. The predicted octanol–water partition coefficient (Wildman–Crippen LogP) is 4.62. The molecule has 1 aliphatic heterocycles. The van der Waals surface area contributed by atoms with E-state index in [0.29, 0.717) is 19.5 Å². The average Bonchev–Trinajstić information content (AvgIpc) is 3.41. The van der Waals surface area contributed by atoms with Gasteiger partial charge in [-0.05, 0) is 35.4 Å². The molecule has 2 amide bonds. The molecule has 1 saturated carbocycles. The number of fused-ring (bicyclic) bond motifs is 1. The molecule has 176 valence electrons. The maximum atomic E-state index is 13.5. The number of aryl methyl sites for hydroxylation is 1. The number of nitrogens with zero attached hydrogens (tertiary/aromatic N) is 3. The fourth-order valence-corrected chi connectivity index (χ4v) is 5.69. The van der Waals surface area contributed by atoms with Gasteiger partial charge in [0.2, 0.25) is 5.91 Å². The number of hydrogen-bond donors (Lipinski definition) is 1. The molecule has 1 aromatic heterocycles. The topological polar surface area (TPSA) is 67.2 Å². The first-order valence-corrected chi connectivity index (χ1v) is 12.2. The van der Waals surface area contributed by atoms with Gasteiger partial charge in [0.1, 0.15) is 11.9 Å². The highest BCUT2D eigenvalue weighted by molar-refractivity contribution is 5.98. The van der Waals surface area contributed by atoms with E-state index in [1.807, 2.05) is 77.3 Å². The molecule has 1 unspecified atom stereocenters. The van der Waals surface area contributed by atoms with Gasteiger partial charge in [-0.1, -0.05) is 67.8 Å². The number of benzene rings is 2. The molecule has 2 aromatic carbocycles. The SMILES string of the molecule is Cn1ccnc1C(NC(=O)CC1(CN2Cc3ccccc3C2=O)CCCCC1)c1ccccc1. The van der Waals surface area contributed by atoms with Gasteiger partial charge in [-0.15, -0.1) is 0 Å². The molecule has 6 nitrogen and oxygen atoms in total. The van der Waals surface area contributed by atoms with Gasteiger partial charge in [0.05, 0.1) is 0 Å². The van der Waals surface area contributed by atoms with Crippen molar-refractivity contribution in [1.82, 2.24) is 19.8 Å². The molecular weight excluding hydrogens is 424 g/mol. The van der Waals surface area contributed by atoms with Crippen LogP contribution < -0.4 is 5.32 Å². The maximum absolute atomic E-state index is 13.5. The van der Waals surface area contributed by atoms with Crippen LogP contribution in [0.15, 0.2) is 67.0 Å². The summed E-state index contributed by atoms with van der Waals surface area (Å²) < 4.78 is 1.95. The highest BCUT2D eigenvalue weighted by Crippen LogP contribution is 2.42. The molecule has 2 heterocycles. The lowest BCUT2D eigenvalue weighted by atomic mass is 9.71. The number of hydrogen-bond acceptors (Lipinski definition) is 3. The standard InChI is InChI=1S/C28H32N4O2/c1-31-17-16-29-26(31)25(21-10-4-2-5-11-21)30-24(33)18-28(14-8-3-9-15-28)20-32-19-22-12-6-7-13-23(22)27(32)34/h2,4-7,10-13,16-17,25H,3,8-9,14-15,18-20H2,1H3,(H,30,33). The molecule has 1 fully saturated rings. The fourth-order valence-electron chi connectivity index (χ4n) is 5.69. The number of rotatable bonds is 7. The first-order chi connectivity index (χ1) is 16.5. The van der Waals surface area contributed by atoms with Crippen molar-refractivity contribution in [2.45, 2.75) is 51.1 Å². The molecule has 2 aliphatic rings. The van der Waals surface area contributed by atoms with Crippen LogP contribution >= 0.6 is 0 Å². The highest BCUT2D eigenvalue weighted by atomic mass is 16.2. The van der Waals surface area contributed by atoms with Crippen LogP contribution in [0.4, 0.5) is 0 Å². The molecule has 0 bridgehead atoms. The van der Waals surface area contributed by atoms with Crippen LogP contribution in [0.2, 0.25) is 0 Å². The lowest BCUT2D eigenvalue weighted by Crippen LogP contribution is -2.43. The first kappa shape index (κ1) is 22.4. The molecule has 1 aliphatic carbocycles. The van der Waals surface area contributed by atoms with Crippen LogP contribution in [0, 0.1) is 5.41 Å². The van der Waals surface area contributed by atoms with Crippen molar-refractivity contribution in [3.8, 4) is 0 Å². The Bertz CT molecular complexity index is 1160. The normalized spacial score (nSPS) is 17.9. The van der Waals surface area contributed by atoms with E-state index in [4.69, 9.17) is 0 Å². The van der Waals surface area contributed by atoms with Gasteiger partial charge in [0.15, 0.2) is 0 Å². The van der Waals surface area contributed by atoms with Crippen molar-refractivity contribution >= 4 is 11.8 Å². The fraction of sp³-hybridized carbons (Fsp3) is 0.393. The van der Waals surface area contributed by atoms with E-state index in [1.54, 1.807) is 6.20 Å². The third-order valence-electron chi connectivity index (χ3n) is 7.43. The molecule has 6 heteroatoms. The summed E-state index contributed by atoms with van der Waals surface area (Å²) in [5.74, 6) is 0.918. The number of amides is 2. The van der Waals surface area contributed by atoms with E-state index in [2.05, 4.69) is 10.3 Å². The Hall–Kier alpha value is -3.41. The quantitative estimate of drug-likeness (QED) is 0.564. The van der Waals surface area contributed by atoms with Crippen molar-refractivity contribution in [3.63, 3.8) is 0 Å². The van der Waals surface area contributed by atoms with Crippen molar-refractivity contribution in [2.75, 3.05) is 6.54 Å². The molecule has 5 rings (SSSR count). The van der Waals surface area contributed by atoms with E-state index >= 15 is 0 Å². The number of nitrogens with one attached hydrogen (secondary N) is 1. The predicted molar refractivity (Wildman–Crippen MR) is 131 cm³/mol. The summed E-state index contributed by atoms with van der Waals surface area (Å²) in [5, 5.41) is 3.28. The van der Waals surface area contributed by atoms with Crippen LogP contribution in [0.5, 0.6) is 0 Å². The minimum absolute atomic E-state index is 0.0166. The Morgan fingerprint density at radius 3 is 2.50 bits per heavy atom. The Morgan fingerprint density at radius 2 is 1.79 bits per heavy atom. The zero-order chi connectivity index (χ0) is 23.5. The van der Waals surface area contributed by atoms with Crippen LogP contribution in [-0.2, 0) is 18.4 Å². The van der Waals surface area contributed by atoms with Crippen molar-refractivity contribution in [1.29, 1.82) is 0 Å². The van der Waals surface area contributed by atoms with Crippen LogP contribution in [0.1, 0.15) is 71.9 Å². The summed E-state index contributed by atoms with van der Waals surface area (Å²) in [4.78, 5) is 33.1. The number of carbonyl (C=O) groups excluding carboxylic acids is 2. The molecule has 3 aromatic rings. The average molecular weight is 457 g/mol. The minimum Gasteiger partial charge on any atom is -0.342 e. The molecule has 0 radical (unpaired) electrons. The van der Waals surface area contributed by atoms with Gasteiger partial charge in [-0.25, -0.2) is 4.98 Å². The summed E-state index contributed by atoms with van der Waals surface area (Å²) in [6.45, 7) is 1.27. The number of aromatic nitrogens is 2. The molecule has 1 atom stereocenters. The largest absolute Gasteiger partial charge is 0.342 e. The lowest BCUT2D eigenvalue weighted by Gasteiger charge is -2.40. The molecule has 34 heavy (non-hydrogen) atoms. The van der Waals surface area contributed by atoms with E-state index in [1.165, 1.54) is 6.42 Å². The van der Waals surface area contributed by atoms with Gasteiger partial charge in [-0.3, -0.25) is 9.59 Å². The zero-order valence-electron chi connectivity index (χ0n) is 19.7. The van der Waals surface area contributed by atoms with Gasteiger partial charge in [-0.2, -0.15) is 0 Å². The summed E-state index contributed by atoms with van der Waals surface area (Å²) in [6.07, 6.45) is 9.41. The van der Waals surface area contributed by atoms with Crippen LogP contribution in [0.25, 0.3) is 0 Å². The number of carbonyl (C=O) groups is 2. The van der Waals surface area contributed by atoms with E-state index in [9.17, 15) is 9.59 Å². The molecule has 1 N–H and O–H groups in total. The monoisotopic (exact) mass is 456 g/mol.